The predicted octanol–water partition coefficient (Wildman–Crippen LogP) is 11.5. The van der Waals surface area contributed by atoms with Gasteiger partial charge in [-0.05, 0) is 6.42 Å². The standard InChI is InChI=1S/C28H57IO/c1-2-3-4-5-6-7-8-9-10-11-12-13-14-15-16-17-18-19-20-21-22-23-24-25-26-27-28-30-29/h2-28H2,1H3. The number of halogens is 1. The molecule has 0 fully saturated rings. The Morgan fingerprint density at radius 3 is 0.733 bits per heavy atom. The van der Waals surface area contributed by atoms with E-state index in [4.69, 9.17) is 3.07 Å². The number of rotatable bonds is 27. The van der Waals surface area contributed by atoms with E-state index in [-0.39, 0.29) is 0 Å². The van der Waals surface area contributed by atoms with Gasteiger partial charge in [-0.3, -0.25) is 0 Å². The second-order valence-electron chi connectivity index (χ2n) is 9.65. The maximum absolute atomic E-state index is 5.07. The van der Waals surface area contributed by atoms with E-state index in [0.717, 1.165) is 6.61 Å². The van der Waals surface area contributed by atoms with Crippen molar-refractivity contribution in [2.24, 2.45) is 0 Å². The molecule has 182 valence electrons. The summed E-state index contributed by atoms with van der Waals surface area (Å²) in [6.45, 7) is 3.23. The van der Waals surface area contributed by atoms with Gasteiger partial charge in [-0.15, -0.1) is 0 Å². The monoisotopic (exact) mass is 536 g/mol. The van der Waals surface area contributed by atoms with Gasteiger partial charge in [0.25, 0.3) is 0 Å². The molecule has 0 bridgehead atoms. The molecular formula is C28H57IO. The van der Waals surface area contributed by atoms with E-state index in [1.54, 1.807) is 0 Å². The van der Waals surface area contributed by atoms with Crippen LogP contribution in [0.5, 0.6) is 0 Å². The maximum Gasteiger partial charge on any atom is 0.109 e. The Hall–Kier alpha value is 0.690. The van der Waals surface area contributed by atoms with E-state index in [1.165, 1.54) is 167 Å². The highest BCUT2D eigenvalue weighted by Gasteiger charge is 1.96. The van der Waals surface area contributed by atoms with Gasteiger partial charge in [0, 0.05) is 0 Å². The summed E-state index contributed by atoms with van der Waals surface area (Å²) in [7, 11) is 0. The van der Waals surface area contributed by atoms with Crippen LogP contribution in [0.3, 0.4) is 0 Å². The van der Waals surface area contributed by atoms with E-state index in [9.17, 15) is 0 Å². The third-order valence-corrected chi connectivity index (χ3v) is 7.02. The molecule has 0 radical (unpaired) electrons. The Morgan fingerprint density at radius 1 is 0.333 bits per heavy atom. The largest absolute Gasteiger partial charge is 0.316 e. The zero-order valence-corrected chi connectivity index (χ0v) is 23.0. The van der Waals surface area contributed by atoms with Gasteiger partial charge in [0.1, 0.15) is 23.0 Å². The van der Waals surface area contributed by atoms with Crippen LogP contribution < -0.4 is 0 Å². The van der Waals surface area contributed by atoms with Gasteiger partial charge in [0.2, 0.25) is 0 Å². The molecule has 0 aromatic heterocycles. The van der Waals surface area contributed by atoms with Crippen LogP contribution in [0.25, 0.3) is 0 Å². The summed E-state index contributed by atoms with van der Waals surface area (Å²) >= 11 is 2.00. The molecule has 0 N–H and O–H groups in total. The van der Waals surface area contributed by atoms with Crippen LogP contribution in [0, 0.1) is 0 Å². The van der Waals surface area contributed by atoms with Crippen molar-refractivity contribution in [3.63, 3.8) is 0 Å². The Kier molecular flexibility index (Phi) is 30.4. The SMILES string of the molecule is CCCCCCCCCCCCCCCCCCCCCCCCCCCCOI. The zero-order valence-electron chi connectivity index (χ0n) is 20.9. The smallest absolute Gasteiger partial charge is 0.109 e. The summed E-state index contributed by atoms with van der Waals surface area (Å²) in [5.41, 5.74) is 0. The minimum atomic E-state index is 0.930. The highest BCUT2D eigenvalue weighted by Crippen LogP contribution is 2.16. The van der Waals surface area contributed by atoms with Gasteiger partial charge < -0.3 is 3.07 Å². The molecule has 30 heavy (non-hydrogen) atoms. The molecule has 2 heteroatoms. The van der Waals surface area contributed by atoms with Gasteiger partial charge in [0.05, 0.1) is 6.61 Å². The topological polar surface area (TPSA) is 9.23 Å². The van der Waals surface area contributed by atoms with Gasteiger partial charge >= 0.3 is 0 Å². The molecule has 0 heterocycles. The van der Waals surface area contributed by atoms with Crippen LogP contribution in [0.1, 0.15) is 174 Å². The van der Waals surface area contributed by atoms with Crippen molar-refractivity contribution in [3.8, 4) is 0 Å². The highest BCUT2D eigenvalue weighted by atomic mass is 127. The summed E-state index contributed by atoms with van der Waals surface area (Å²) in [5.74, 6) is 0. The van der Waals surface area contributed by atoms with Crippen LogP contribution >= 0.6 is 23.0 Å². The van der Waals surface area contributed by atoms with Crippen LogP contribution in [0.15, 0.2) is 0 Å². The number of hydrogen-bond acceptors (Lipinski definition) is 1. The lowest BCUT2D eigenvalue weighted by Gasteiger charge is -2.04. The maximum atomic E-state index is 5.07. The van der Waals surface area contributed by atoms with Crippen molar-refractivity contribution in [1.29, 1.82) is 0 Å². The van der Waals surface area contributed by atoms with Crippen molar-refractivity contribution in [3.05, 3.63) is 0 Å². The fourth-order valence-corrected chi connectivity index (χ4v) is 4.78. The fraction of sp³-hybridized carbons (Fsp3) is 1.00. The first-order valence-electron chi connectivity index (χ1n) is 14.2. The number of hydrogen-bond donors (Lipinski definition) is 0. The Bertz CT molecular complexity index is 254. The lowest BCUT2D eigenvalue weighted by Crippen LogP contribution is -1.86. The van der Waals surface area contributed by atoms with Gasteiger partial charge in [-0.1, -0.05) is 167 Å². The molecule has 0 atom stereocenters. The average molecular weight is 537 g/mol. The highest BCUT2D eigenvalue weighted by molar-refractivity contribution is 14.1. The Balaban J connectivity index is 2.97. The van der Waals surface area contributed by atoms with Gasteiger partial charge in [-0.2, -0.15) is 0 Å². The Labute approximate surface area is 206 Å². The molecule has 0 rings (SSSR count). The molecule has 0 amide bonds. The molecule has 1 nitrogen and oxygen atoms in total. The summed E-state index contributed by atoms with van der Waals surface area (Å²) in [4.78, 5) is 0. The summed E-state index contributed by atoms with van der Waals surface area (Å²) in [5, 5.41) is 0. The van der Waals surface area contributed by atoms with Crippen LogP contribution in [-0.4, -0.2) is 6.61 Å². The van der Waals surface area contributed by atoms with Crippen molar-refractivity contribution in [2.45, 2.75) is 174 Å². The third kappa shape index (κ3) is 28.7. The first-order chi connectivity index (χ1) is 14.9. The van der Waals surface area contributed by atoms with Crippen LogP contribution in [-0.2, 0) is 3.07 Å². The molecule has 0 saturated carbocycles. The van der Waals surface area contributed by atoms with Crippen LogP contribution in [0.4, 0.5) is 0 Å². The molecular weight excluding hydrogens is 479 g/mol. The van der Waals surface area contributed by atoms with E-state index in [0.29, 0.717) is 0 Å². The quantitative estimate of drug-likeness (QED) is 0.0749. The normalized spacial score (nSPS) is 11.4. The third-order valence-electron chi connectivity index (χ3n) is 6.58. The first kappa shape index (κ1) is 30.7. The second kappa shape index (κ2) is 29.7. The van der Waals surface area contributed by atoms with Crippen LogP contribution in [0.2, 0.25) is 0 Å². The van der Waals surface area contributed by atoms with Gasteiger partial charge in [-0.25, -0.2) is 0 Å². The van der Waals surface area contributed by atoms with Crippen molar-refractivity contribution in [1.82, 2.24) is 0 Å². The molecule has 0 aromatic rings. The first-order valence-corrected chi connectivity index (χ1v) is 15.0. The second-order valence-corrected chi connectivity index (χ2v) is 10.3. The molecule has 0 aliphatic carbocycles. The summed E-state index contributed by atoms with van der Waals surface area (Å²) in [6.07, 6.45) is 37.8. The molecule has 0 aromatic carbocycles. The van der Waals surface area contributed by atoms with E-state index in [1.807, 2.05) is 23.0 Å². The van der Waals surface area contributed by atoms with Crippen molar-refractivity contribution >= 4 is 23.0 Å². The molecule has 0 spiro atoms. The lowest BCUT2D eigenvalue weighted by atomic mass is 10.0. The summed E-state index contributed by atoms with van der Waals surface area (Å²) < 4.78 is 5.07. The molecule has 0 aliphatic heterocycles. The number of unbranched alkanes of at least 4 members (excludes halogenated alkanes) is 25. The van der Waals surface area contributed by atoms with Crippen molar-refractivity contribution in [2.75, 3.05) is 6.61 Å². The lowest BCUT2D eigenvalue weighted by molar-refractivity contribution is 0.399. The fourth-order valence-electron chi connectivity index (χ4n) is 4.47. The zero-order chi connectivity index (χ0) is 21.8. The van der Waals surface area contributed by atoms with Crippen molar-refractivity contribution < 1.29 is 3.07 Å². The summed E-state index contributed by atoms with van der Waals surface area (Å²) in [6, 6.07) is 0. The Morgan fingerprint density at radius 2 is 0.533 bits per heavy atom. The van der Waals surface area contributed by atoms with E-state index >= 15 is 0 Å². The minimum Gasteiger partial charge on any atom is -0.316 e. The van der Waals surface area contributed by atoms with E-state index in [2.05, 4.69) is 6.92 Å². The molecule has 0 aliphatic rings. The molecule has 0 saturated heterocycles. The predicted molar refractivity (Wildman–Crippen MR) is 146 cm³/mol. The van der Waals surface area contributed by atoms with Gasteiger partial charge in [0.15, 0.2) is 0 Å². The van der Waals surface area contributed by atoms with E-state index < -0.39 is 0 Å². The molecule has 0 unspecified atom stereocenters. The minimum absolute atomic E-state index is 0.930. The average Bonchev–Trinajstić information content (AvgIpc) is 2.76.